The minimum Gasteiger partial charge on any atom is -0.383 e. The van der Waals surface area contributed by atoms with Gasteiger partial charge in [0.05, 0.1) is 0 Å². The maximum Gasteiger partial charge on any atom is 0.224 e. The summed E-state index contributed by atoms with van der Waals surface area (Å²) in [5.41, 5.74) is 3.27. The van der Waals surface area contributed by atoms with E-state index < -0.39 is 0 Å². The van der Waals surface area contributed by atoms with Gasteiger partial charge in [0.15, 0.2) is 0 Å². The fraction of sp³-hybridized carbons (Fsp3) is 0.462. The number of aryl methyl sites for hydroxylation is 1. The number of benzene rings is 1. The molecular formula is C13H18N2O. The van der Waals surface area contributed by atoms with Crippen LogP contribution in [0.25, 0.3) is 0 Å². The maximum absolute atomic E-state index is 11.3. The lowest BCUT2D eigenvalue weighted by Crippen LogP contribution is -2.19. The SMILES string of the molecule is CCC(C)Nc1ccc2c(c1)NC(=O)CC2. The Morgan fingerprint density at radius 2 is 2.25 bits per heavy atom. The second-order valence-corrected chi connectivity index (χ2v) is 4.37. The molecule has 1 aliphatic rings. The molecular weight excluding hydrogens is 200 g/mol. The summed E-state index contributed by atoms with van der Waals surface area (Å²) in [5, 5.41) is 6.32. The highest BCUT2D eigenvalue weighted by atomic mass is 16.1. The molecule has 0 radical (unpaired) electrons. The third-order valence-corrected chi connectivity index (χ3v) is 3.03. The maximum atomic E-state index is 11.3. The van der Waals surface area contributed by atoms with E-state index in [2.05, 4.69) is 36.6 Å². The van der Waals surface area contributed by atoms with Crippen molar-refractivity contribution in [3.05, 3.63) is 23.8 Å². The van der Waals surface area contributed by atoms with Gasteiger partial charge in [0.25, 0.3) is 0 Å². The van der Waals surface area contributed by atoms with Gasteiger partial charge in [0, 0.05) is 23.8 Å². The number of nitrogens with one attached hydrogen (secondary N) is 2. The van der Waals surface area contributed by atoms with Crippen LogP contribution in [0.3, 0.4) is 0 Å². The molecule has 1 aromatic carbocycles. The highest BCUT2D eigenvalue weighted by Gasteiger charge is 2.14. The van der Waals surface area contributed by atoms with E-state index in [1.54, 1.807) is 0 Å². The van der Waals surface area contributed by atoms with Crippen molar-refractivity contribution in [3.63, 3.8) is 0 Å². The third-order valence-electron chi connectivity index (χ3n) is 3.03. The van der Waals surface area contributed by atoms with E-state index in [0.717, 1.165) is 24.2 Å². The van der Waals surface area contributed by atoms with Gasteiger partial charge in [-0.25, -0.2) is 0 Å². The zero-order valence-electron chi connectivity index (χ0n) is 9.84. The Hall–Kier alpha value is -1.51. The summed E-state index contributed by atoms with van der Waals surface area (Å²) in [5.74, 6) is 0.119. The van der Waals surface area contributed by atoms with Crippen molar-refractivity contribution in [1.82, 2.24) is 0 Å². The molecule has 1 amide bonds. The number of fused-ring (bicyclic) bond motifs is 1. The van der Waals surface area contributed by atoms with Crippen molar-refractivity contribution in [1.29, 1.82) is 0 Å². The van der Waals surface area contributed by atoms with E-state index in [9.17, 15) is 4.79 Å². The predicted molar refractivity (Wildman–Crippen MR) is 66.8 cm³/mol. The molecule has 3 heteroatoms. The van der Waals surface area contributed by atoms with Gasteiger partial charge >= 0.3 is 0 Å². The first-order chi connectivity index (χ1) is 7.69. The Bertz CT molecular complexity index is 401. The van der Waals surface area contributed by atoms with Crippen molar-refractivity contribution in [2.24, 2.45) is 0 Å². The lowest BCUT2D eigenvalue weighted by Gasteiger charge is -2.19. The van der Waals surface area contributed by atoms with Crippen molar-refractivity contribution in [2.45, 2.75) is 39.2 Å². The topological polar surface area (TPSA) is 41.1 Å². The van der Waals surface area contributed by atoms with Crippen molar-refractivity contribution >= 4 is 17.3 Å². The first-order valence-electron chi connectivity index (χ1n) is 5.88. The number of amides is 1. The van der Waals surface area contributed by atoms with Gasteiger partial charge in [-0.05, 0) is 37.5 Å². The second-order valence-electron chi connectivity index (χ2n) is 4.37. The molecule has 0 saturated carbocycles. The highest BCUT2D eigenvalue weighted by molar-refractivity contribution is 5.94. The summed E-state index contributed by atoms with van der Waals surface area (Å²) >= 11 is 0. The molecule has 0 bridgehead atoms. The van der Waals surface area contributed by atoms with Gasteiger partial charge in [-0.15, -0.1) is 0 Å². The molecule has 1 unspecified atom stereocenters. The summed E-state index contributed by atoms with van der Waals surface area (Å²) in [6.45, 7) is 4.30. The Kier molecular flexibility index (Phi) is 3.13. The lowest BCUT2D eigenvalue weighted by molar-refractivity contribution is -0.116. The largest absolute Gasteiger partial charge is 0.383 e. The van der Waals surface area contributed by atoms with Crippen LogP contribution in [0.15, 0.2) is 18.2 Å². The fourth-order valence-electron chi connectivity index (χ4n) is 1.85. The van der Waals surface area contributed by atoms with Crippen LogP contribution < -0.4 is 10.6 Å². The van der Waals surface area contributed by atoms with Crippen molar-refractivity contribution in [2.75, 3.05) is 10.6 Å². The molecule has 0 fully saturated rings. The van der Waals surface area contributed by atoms with Crippen LogP contribution in [0.1, 0.15) is 32.3 Å². The molecule has 1 aliphatic heterocycles. The zero-order chi connectivity index (χ0) is 11.5. The average molecular weight is 218 g/mol. The van der Waals surface area contributed by atoms with Crippen LogP contribution in [0.5, 0.6) is 0 Å². The van der Waals surface area contributed by atoms with E-state index in [0.29, 0.717) is 12.5 Å². The van der Waals surface area contributed by atoms with Crippen LogP contribution in [-0.2, 0) is 11.2 Å². The number of carbonyl (C=O) groups excluding carboxylic acids is 1. The average Bonchev–Trinajstić information content (AvgIpc) is 2.28. The predicted octanol–water partition coefficient (Wildman–Crippen LogP) is 2.78. The Morgan fingerprint density at radius 1 is 1.44 bits per heavy atom. The molecule has 1 aromatic rings. The van der Waals surface area contributed by atoms with Gasteiger partial charge in [-0.3, -0.25) is 4.79 Å². The molecule has 2 N–H and O–H groups in total. The molecule has 3 nitrogen and oxygen atoms in total. The molecule has 2 rings (SSSR count). The Balaban J connectivity index is 2.18. The summed E-state index contributed by atoms with van der Waals surface area (Å²) in [6.07, 6.45) is 2.54. The first-order valence-corrected chi connectivity index (χ1v) is 5.88. The van der Waals surface area contributed by atoms with Crippen LogP contribution >= 0.6 is 0 Å². The molecule has 86 valence electrons. The lowest BCUT2D eigenvalue weighted by atomic mass is 10.0. The Labute approximate surface area is 96.2 Å². The Morgan fingerprint density at radius 3 is 3.00 bits per heavy atom. The molecule has 0 aliphatic carbocycles. The molecule has 1 heterocycles. The summed E-state index contributed by atoms with van der Waals surface area (Å²) < 4.78 is 0. The summed E-state index contributed by atoms with van der Waals surface area (Å²) in [4.78, 5) is 11.3. The standard InChI is InChI=1S/C13H18N2O/c1-3-9(2)14-11-6-4-10-5-7-13(16)15-12(10)8-11/h4,6,8-9,14H,3,5,7H2,1-2H3,(H,15,16). The smallest absolute Gasteiger partial charge is 0.224 e. The highest BCUT2D eigenvalue weighted by Crippen LogP contribution is 2.26. The summed E-state index contributed by atoms with van der Waals surface area (Å²) in [7, 11) is 0. The van der Waals surface area contributed by atoms with Crippen LogP contribution in [-0.4, -0.2) is 11.9 Å². The minimum absolute atomic E-state index is 0.119. The van der Waals surface area contributed by atoms with Gasteiger partial charge in [0.1, 0.15) is 0 Å². The number of hydrogen-bond donors (Lipinski definition) is 2. The van der Waals surface area contributed by atoms with Gasteiger partial charge in [0.2, 0.25) is 5.91 Å². The van der Waals surface area contributed by atoms with E-state index in [1.807, 2.05) is 6.07 Å². The van der Waals surface area contributed by atoms with E-state index in [4.69, 9.17) is 0 Å². The molecule has 16 heavy (non-hydrogen) atoms. The second kappa shape index (κ2) is 4.56. The quantitative estimate of drug-likeness (QED) is 0.819. The van der Waals surface area contributed by atoms with E-state index in [1.165, 1.54) is 5.56 Å². The monoisotopic (exact) mass is 218 g/mol. The number of anilines is 2. The summed E-state index contributed by atoms with van der Waals surface area (Å²) in [6, 6.07) is 6.66. The number of carbonyl (C=O) groups is 1. The molecule has 0 spiro atoms. The molecule has 0 saturated heterocycles. The molecule has 0 aromatic heterocycles. The van der Waals surface area contributed by atoms with E-state index in [-0.39, 0.29) is 5.91 Å². The number of hydrogen-bond acceptors (Lipinski definition) is 2. The van der Waals surface area contributed by atoms with Gasteiger partial charge < -0.3 is 10.6 Å². The normalized spacial score (nSPS) is 16.2. The van der Waals surface area contributed by atoms with E-state index >= 15 is 0 Å². The van der Waals surface area contributed by atoms with Crippen molar-refractivity contribution < 1.29 is 4.79 Å². The van der Waals surface area contributed by atoms with Gasteiger partial charge in [-0.2, -0.15) is 0 Å². The third kappa shape index (κ3) is 2.35. The fourth-order valence-corrected chi connectivity index (χ4v) is 1.85. The van der Waals surface area contributed by atoms with Crippen LogP contribution in [0.4, 0.5) is 11.4 Å². The van der Waals surface area contributed by atoms with Crippen molar-refractivity contribution in [3.8, 4) is 0 Å². The number of rotatable bonds is 3. The zero-order valence-corrected chi connectivity index (χ0v) is 9.84. The van der Waals surface area contributed by atoms with Gasteiger partial charge in [-0.1, -0.05) is 13.0 Å². The van der Waals surface area contributed by atoms with Crippen LogP contribution in [0, 0.1) is 0 Å². The molecule has 1 atom stereocenters. The first kappa shape index (κ1) is 11.0. The van der Waals surface area contributed by atoms with Crippen LogP contribution in [0.2, 0.25) is 0 Å². The minimum atomic E-state index is 0.119.